The van der Waals surface area contributed by atoms with E-state index in [2.05, 4.69) is 22.4 Å². The van der Waals surface area contributed by atoms with E-state index in [0.29, 0.717) is 18.3 Å². The lowest BCUT2D eigenvalue weighted by atomic mass is 10.1. The third kappa shape index (κ3) is 4.08. The minimum atomic E-state index is -0.219. The lowest BCUT2D eigenvalue weighted by Gasteiger charge is -2.22. The van der Waals surface area contributed by atoms with E-state index in [1.54, 1.807) is 12.0 Å². The first-order valence-electron chi connectivity index (χ1n) is 9.82. The molecule has 2 aromatic carbocycles. The van der Waals surface area contributed by atoms with Crippen LogP contribution in [0.1, 0.15) is 37.3 Å². The maximum absolute atomic E-state index is 12.9. The number of nitrogens with zero attached hydrogens (tertiary/aromatic N) is 3. The van der Waals surface area contributed by atoms with Gasteiger partial charge in [0, 0.05) is 17.8 Å². The molecule has 1 unspecified atom stereocenters. The van der Waals surface area contributed by atoms with Crippen molar-refractivity contribution in [3.8, 4) is 17.1 Å². The number of hydrogen-bond acceptors (Lipinski definition) is 5. The molecule has 1 fully saturated rings. The van der Waals surface area contributed by atoms with Crippen LogP contribution in [0.2, 0.25) is 0 Å². The number of methoxy groups -OCH3 is 1. The molecule has 1 aliphatic heterocycles. The molecule has 7 nitrogen and oxygen atoms in total. The number of rotatable bonds is 5. The number of urea groups is 1. The highest BCUT2D eigenvalue weighted by atomic mass is 16.5. The van der Waals surface area contributed by atoms with E-state index in [9.17, 15) is 4.79 Å². The Labute approximate surface area is 169 Å². The van der Waals surface area contributed by atoms with Gasteiger partial charge in [0.05, 0.1) is 7.11 Å². The Morgan fingerprint density at radius 1 is 1.28 bits per heavy atom. The van der Waals surface area contributed by atoms with Crippen LogP contribution < -0.4 is 10.1 Å². The van der Waals surface area contributed by atoms with Crippen molar-refractivity contribution < 1.29 is 14.1 Å². The van der Waals surface area contributed by atoms with E-state index in [4.69, 9.17) is 9.26 Å². The third-order valence-corrected chi connectivity index (χ3v) is 5.18. The van der Waals surface area contributed by atoms with Gasteiger partial charge in [-0.25, -0.2) is 4.79 Å². The topological polar surface area (TPSA) is 80.5 Å². The van der Waals surface area contributed by atoms with Crippen LogP contribution in [0.25, 0.3) is 11.4 Å². The maximum Gasteiger partial charge on any atom is 0.322 e. The van der Waals surface area contributed by atoms with Gasteiger partial charge in [0.25, 0.3) is 0 Å². The fourth-order valence-corrected chi connectivity index (χ4v) is 3.56. The van der Waals surface area contributed by atoms with Gasteiger partial charge in [-0.05, 0) is 61.2 Å². The molecular formula is C22H24N4O3. The molecule has 4 rings (SSSR count). The second-order valence-electron chi connectivity index (χ2n) is 7.02. The minimum absolute atomic E-state index is 0.148. The molecule has 1 saturated heterocycles. The Morgan fingerprint density at radius 2 is 2.10 bits per heavy atom. The zero-order valence-electron chi connectivity index (χ0n) is 16.6. The van der Waals surface area contributed by atoms with E-state index in [1.807, 2.05) is 48.5 Å². The first-order valence-corrected chi connectivity index (χ1v) is 9.82. The van der Waals surface area contributed by atoms with E-state index < -0.39 is 0 Å². The Kier molecular flexibility index (Phi) is 5.46. The number of likely N-dealkylation sites (tertiary alicyclic amines) is 1. The van der Waals surface area contributed by atoms with Crippen LogP contribution in [0.5, 0.6) is 5.75 Å². The zero-order valence-corrected chi connectivity index (χ0v) is 16.6. The van der Waals surface area contributed by atoms with Gasteiger partial charge >= 0.3 is 6.03 Å². The van der Waals surface area contributed by atoms with Crippen molar-refractivity contribution in [3.05, 3.63) is 60.0 Å². The predicted molar refractivity (Wildman–Crippen MR) is 110 cm³/mol. The second-order valence-corrected chi connectivity index (χ2v) is 7.02. The summed E-state index contributed by atoms with van der Waals surface area (Å²) in [5, 5.41) is 7.09. The summed E-state index contributed by atoms with van der Waals surface area (Å²) in [6, 6.07) is 15.0. The Morgan fingerprint density at radius 3 is 2.86 bits per heavy atom. The largest absolute Gasteiger partial charge is 0.497 e. The summed E-state index contributed by atoms with van der Waals surface area (Å²) in [5.74, 6) is 1.74. The zero-order chi connectivity index (χ0) is 20.2. The van der Waals surface area contributed by atoms with Crippen molar-refractivity contribution >= 4 is 11.7 Å². The molecule has 0 aliphatic carbocycles. The SMILES string of the molecule is CCc1cccc(NC(=O)N2CCCC2c2nc(-c3ccc(OC)cc3)no2)c1. The van der Waals surface area contributed by atoms with Gasteiger partial charge in [-0.2, -0.15) is 4.98 Å². The molecule has 7 heteroatoms. The first kappa shape index (κ1) is 19.0. The molecule has 0 bridgehead atoms. The van der Waals surface area contributed by atoms with Crippen LogP contribution in [0.4, 0.5) is 10.5 Å². The molecule has 1 aliphatic rings. The molecule has 2 amide bonds. The van der Waals surface area contributed by atoms with Gasteiger partial charge < -0.3 is 19.5 Å². The number of ether oxygens (including phenoxy) is 1. The van der Waals surface area contributed by atoms with Gasteiger partial charge in [0.2, 0.25) is 11.7 Å². The molecule has 150 valence electrons. The number of carbonyl (C=O) groups is 1. The molecule has 0 radical (unpaired) electrons. The van der Waals surface area contributed by atoms with Crippen LogP contribution in [0.15, 0.2) is 53.1 Å². The van der Waals surface area contributed by atoms with Crippen LogP contribution in [-0.4, -0.2) is 34.7 Å². The number of aryl methyl sites for hydroxylation is 1. The number of benzene rings is 2. The summed E-state index contributed by atoms with van der Waals surface area (Å²) in [4.78, 5) is 19.2. The Bertz CT molecular complexity index is 984. The van der Waals surface area contributed by atoms with Gasteiger partial charge in [0.15, 0.2) is 0 Å². The number of anilines is 1. The molecule has 29 heavy (non-hydrogen) atoms. The molecule has 0 spiro atoms. The smallest absolute Gasteiger partial charge is 0.322 e. The highest BCUT2D eigenvalue weighted by molar-refractivity contribution is 5.89. The van der Waals surface area contributed by atoms with Crippen LogP contribution in [0.3, 0.4) is 0 Å². The molecule has 1 aromatic heterocycles. The molecule has 3 aromatic rings. The van der Waals surface area contributed by atoms with Gasteiger partial charge in [-0.1, -0.05) is 24.2 Å². The number of hydrogen-bond donors (Lipinski definition) is 1. The quantitative estimate of drug-likeness (QED) is 0.682. The summed E-state index contributed by atoms with van der Waals surface area (Å²) >= 11 is 0. The summed E-state index contributed by atoms with van der Waals surface area (Å²) in [6.07, 6.45) is 2.62. The first-order chi connectivity index (χ1) is 14.2. The number of nitrogens with one attached hydrogen (secondary N) is 1. The summed E-state index contributed by atoms with van der Waals surface area (Å²) < 4.78 is 10.7. The van der Waals surface area contributed by atoms with Crippen molar-refractivity contribution in [1.82, 2.24) is 15.0 Å². The molecule has 1 N–H and O–H groups in total. The van der Waals surface area contributed by atoms with Crippen molar-refractivity contribution in [3.63, 3.8) is 0 Å². The van der Waals surface area contributed by atoms with Crippen molar-refractivity contribution in [1.29, 1.82) is 0 Å². The maximum atomic E-state index is 12.9. The van der Waals surface area contributed by atoms with E-state index >= 15 is 0 Å². The molecule has 2 heterocycles. The van der Waals surface area contributed by atoms with Gasteiger partial charge in [-0.15, -0.1) is 0 Å². The number of aromatic nitrogens is 2. The number of amides is 2. The van der Waals surface area contributed by atoms with E-state index in [-0.39, 0.29) is 12.1 Å². The summed E-state index contributed by atoms with van der Waals surface area (Å²) in [5.41, 5.74) is 2.82. The minimum Gasteiger partial charge on any atom is -0.497 e. The van der Waals surface area contributed by atoms with Crippen LogP contribution in [0, 0.1) is 0 Å². The predicted octanol–water partition coefficient (Wildman–Crippen LogP) is 4.68. The fraction of sp³-hybridized carbons (Fsp3) is 0.318. The standard InChI is InChI=1S/C22H24N4O3/c1-3-15-6-4-7-17(14-15)23-22(27)26-13-5-8-19(26)21-24-20(25-29-21)16-9-11-18(28-2)12-10-16/h4,6-7,9-12,14,19H,3,5,8,13H2,1-2H3,(H,23,27). The van der Waals surface area contributed by atoms with Gasteiger partial charge in [0.1, 0.15) is 11.8 Å². The van der Waals surface area contributed by atoms with Crippen molar-refractivity contribution in [2.75, 3.05) is 19.0 Å². The van der Waals surface area contributed by atoms with E-state index in [0.717, 1.165) is 36.3 Å². The highest BCUT2D eigenvalue weighted by Crippen LogP contribution is 2.32. The van der Waals surface area contributed by atoms with Gasteiger partial charge in [-0.3, -0.25) is 0 Å². The molecule has 1 atom stereocenters. The fourth-order valence-electron chi connectivity index (χ4n) is 3.56. The lowest BCUT2D eigenvalue weighted by Crippen LogP contribution is -2.34. The van der Waals surface area contributed by atoms with Crippen LogP contribution >= 0.6 is 0 Å². The molecule has 0 saturated carbocycles. The van der Waals surface area contributed by atoms with Crippen molar-refractivity contribution in [2.45, 2.75) is 32.2 Å². The summed E-state index contributed by atoms with van der Waals surface area (Å²) in [6.45, 7) is 2.75. The Balaban J connectivity index is 1.49. The average molecular weight is 392 g/mol. The highest BCUT2D eigenvalue weighted by Gasteiger charge is 2.34. The summed E-state index contributed by atoms with van der Waals surface area (Å²) in [7, 11) is 1.62. The van der Waals surface area contributed by atoms with Crippen molar-refractivity contribution in [2.24, 2.45) is 0 Å². The number of carbonyl (C=O) groups excluding carboxylic acids is 1. The normalized spacial score (nSPS) is 16.1. The van der Waals surface area contributed by atoms with Crippen LogP contribution in [-0.2, 0) is 6.42 Å². The Hall–Kier alpha value is -3.35. The monoisotopic (exact) mass is 392 g/mol. The molecular weight excluding hydrogens is 368 g/mol. The lowest BCUT2D eigenvalue weighted by molar-refractivity contribution is 0.193. The second kappa shape index (κ2) is 8.34. The third-order valence-electron chi connectivity index (χ3n) is 5.18. The average Bonchev–Trinajstić information content (AvgIpc) is 3.43. The van der Waals surface area contributed by atoms with E-state index in [1.165, 1.54) is 5.56 Å².